The first-order chi connectivity index (χ1) is 17.3. The Morgan fingerprint density at radius 2 is 1.67 bits per heavy atom. The monoisotopic (exact) mass is 491 g/mol. The van der Waals surface area contributed by atoms with Gasteiger partial charge in [-0.3, -0.25) is 9.59 Å². The lowest BCUT2D eigenvalue weighted by atomic mass is 9.94. The molecule has 1 N–H and O–H groups in total. The lowest BCUT2D eigenvalue weighted by molar-refractivity contribution is -0.134. The van der Waals surface area contributed by atoms with Crippen LogP contribution in [0.1, 0.15) is 36.0 Å². The molecule has 0 aliphatic carbocycles. The Morgan fingerprint density at radius 3 is 2.28 bits per heavy atom. The zero-order valence-corrected chi connectivity index (χ0v) is 21.3. The zero-order valence-electron chi connectivity index (χ0n) is 21.3. The van der Waals surface area contributed by atoms with Gasteiger partial charge in [0.1, 0.15) is 12.4 Å². The summed E-state index contributed by atoms with van der Waals surface area (Å²) in [5, 5.41) is 2.84. The molecule has 1 atom stereocenters. The number of carbonyl (C=O) groups is 2. The fourth-order valence-corrected chi connectivity index (χ4v) is 4.24. The number of hydrogen-bond acceptors (Lipinski definition) is 4. The quantitative estimate of drug-likeness (QED) is 0.401. The van der Waals surface area contributed by atoms with Crippen LogP contribution >= 0.6 is 0 Å². The Hall–Kier alpha value is -3.71. The van der Waals surface area contributed by atoms with Crippen LogP contribution < -0.4 is 10.2 Å². The summed E-state index contributed by atoms with van der Waals surface area (Å²) in [6, 6.07) is 21.6. The average Bonchev–Trinajstić information content (AvgIpc) is 2.86. The van der Waals surface area contributed by atoms with E-state index < -0.39 is 0 Å². The van der Waals surface area contributed by atoms with Gasteiger partial charge in [-0.25, -0.2) is 4.39 Å². The van der Waals surface area contributed by atoms with Crippen LogP contribution in [0.15, 0.2) is 72.8 Å². The van der Waals surface area contributed by atoms with Crippen LogP contribution in [0.5, 0.6) is 0 Å². The van der Waals surface area contributed by atoms with E-state index >= 15 is 0 Å². The van der Waals surface area contributed by atoms with E-state index in [9.17, 15) is 14.0 Å². The van der Waals surface area contributed by atoms with E-state index in [4.69, 9.17) is 4.74 Å². The van der Waals surface area contributed by atoms with Crippen LogP contribution in [0.2, 0.25) is 0 Å². The molecule has 0 aliphatic heterocycles. The third-order valence-electron chi connectivity index (χ3n) is 5.99. The van der Waals surface area contributed by atoms with Crippen molar-refractivity contribution < 1.29 is 18.7 Å². The summed E-state index contributed by atoms with van der Waals surface area (Å²) in [4.78, 5) is 29.8. The molecule has 0 unspecified atom stereocenters. The topological polar surface area (TPSA) is 61.9 Å². The standard InChI is InChI=1S/C29H34FN3O3/c1-5-26(22-9-7-6-8-10-22)29(35)33(18-21-11-13-24(30)14-12-21)19-23-17-25(31-28(34)20-36-4)15-16-27(23)32(2)3/h6-17,26H,5,18-20H2,1-4H3,(H,31,34)/t26-/m1/s1. The maximum absolute atomic E-state index is 13.9. The Bertz CT molecular complexity index is 1150. The van der Waals surface area contributed by atoms with Crippen molar-refractivity contribution in [1.29, 1.82) is 0 Å². The van der Waals surface area contributed by atoms with Crippen molar-refractivity contribution in [3.05, 3.63) is 95.3 Å². The maximum atomic E-state index is 13.9. The summed E-state index contributed by atoms with van der Waals surface area (Å²) in [6.07, 6.45) is 0.649. The number of ether oxygens (including phenoxy) is 1. The van der Waals surface area contributed by atoms with E-state index in [0.29, 0.717) is 25.2 Å². The molecule has 7 heteroatoms. The number of nitrogens with one attached hydrogen (secondary N) is 1. The van der Waals surface area contributed by atoms with Gasteiger partial charge in [0.25, 0.3) is 0 Å². The van der Waals surface area contributed by atoms with Crippen LogP contribution in [0.4, 0.5) is 15.8 Å². The number of amides is 2. The van der Waals surface area contributed by atoms with Gasteiger partial charge in [0.2, 0.25) is 11.8 Å². The Kier molecular flexibility index (Phi) is 9.59. The third-order valence-corrected chi connectivity index (χ3v) is 5.99. The Labute approximate surface area is 212 Å². The maximum Gasteiger partial charge on any atom is 0.250 e. The van der Waals surface area contributed by atoms with E-state index in [1.807, 2.05) is 74.4 Å². The minimum Gasteiger partial charge on any atom is -0.377 e. The number of rotatable bonds is 11. The van der Waals surface area contributed by atoms with Gasteiger partial charge in [-0.1, -0.05) is 49.4 Å². The molecule has 0 aromatic heterocycles. The predicted octanol–water partition coefficient (Wildman–Crippen LogP) is 5.20. The molecule has 0 radical (unpaired) electrons. The minimum atomic E-state index is -0.318. The van der Waals surface area contributed by atoms with Crippen molar-refractivity contribution in [2.75, 3.05) is 38.0 Å². The van der Waals surface area contributed by atoms with Crippen LogP contribution in [-0.2, 0) is 27.4 Å². The van der Waals surface area contributed by atoms with Gasteiger partial charge < -0.3 is 19.9 Å². The highest BCUT2D eigenvalue weighted by Crippen LogP contribution is 2.28. The summed E-state index contributed by atoms with van der Waals surface area (Å²) in [7, 11) is 5.34. The van der Waals surface area contributed by atoms with Gasteiger partial charge in [0.15, 0.2) is 0 Å². The van der Waals surface area contributed by atoms with Crippen molar-refractivity contribution in [3.8, 4) is 0 Å². The number of halogens is 1. The lowest BCUT2D eigenvalue weighted by Crippen LogP contribution is -2.34. The van der Waals surface area contributed by atoms with Crippen molar-refractivity contribution >= 4 is 23.2 Å². The second-order valence-electron chi connectivity index (χ2n) is 8.91. The van der Waals surface area contributed by atoms with Crippen LogP contribution in [0, 0.1) is 5.82 Å². The van der Waals surface area contributed by atoms with E-state index in [1.54, 1.807) is 17.0 Å². The van der Waals surface area contributed by atoms with E-state index in [2.05, 4.69) is 5.32 Å². The molecule has 3 aromatic rings. The molecule has 6 nitrogen and oxygen atoms in total. The van der Waals surface area contributed by atoms with Crippen molar-refractivity contribution in [2.24, 2.45) is 0 Å². The number of carbonyl (C=O) groups excluding carboxylic acids is 2. The number of benzene rings is 3. The first-order valence-corrected chi connectivity index (χ1v) is 12.0. The Morgan fingerprint density at radius 1 is 0.972 bits per heavy atom. The van der Waals surface area contributed by atoms with Gasteiger partial charge in [0, 0.05) is 45.7 Å². The molecule has 0 spiro atoms. The fourth-order valence-electron chi connectivity index (χ4n) is 4.24. The summed E-state index contributed by atoms with van der Waals surface area (Å²) < 4.78 is 18.5. The number of methoxy groups -OCH3 is 1. The molecule has 0 saturated carbocycles. The molecule has 2 amide bonds. The number of hydrogen-bond donors (Lipinski definition) is 1. The molecule has 0 fully saturated rings. The van der Waals surface area contributed by atoms with Gasteiger partial charge in [-0.15, -0.1) is 0 Å². The molecule has 190 valence electrons. The predicted molar refractivity (Wildman–Crippen MR) is 141 cm³/mol. The average molecular weight is 492 g/mol. The molecule has 36 heavy (non-hydrogen) atoms. The van der Waals surface area contributed by atoms with Crippen LogP contribution in [0.25, 0.3) is 0 Å². The molecule has 3 rings (SSSR count). The summed E-state index contributed by atoms with van der Waals surface area (Å²) in [5.41, 5.74) is 4.24. The van der Waals surface area contributed by atoms with Crippen molar-refractivity contribution in [2.45, 2.75) is 32.4 Å². The number of anilines is 2. The third kappa shape index (κ3) is 7.15. The van der Waals surface area contributed by atoms with Crippen molar-refractivity contribution in [1.82, 2.24) is 4.90 Å². The molecule has 0 heterocycles. The summed E-state index contributed by atoms with van der Waals surface area (Å²) >= 11 is 0. The highest BCUT2D eigenvalue weighted by Gasteiger charge is 2.26. The highest BCUT2D eigenvalue weighted by molar-refractivity contribution is 5.92. The molecule has 0 aliphatic rings. The highest BCUT2D eigenvalue weighted by atomic mass is 19.1. The summed E-state index contributed by atoms with van der Waals surface area (Å²) in [6.45, 7) is 2.61. The van der Waals surface area contributed by atoms with E-state index in [1.165, 1.54) is 19.2 Å². The second kappa shape index (κ2) is 12.8. The van der Waals surface area contributed by atoms with Gasteiger partial charge in [-0.2, -0.15) is 0 Å². The molecule has 0 saturated heterocycles. The van der Waals surface area contributed by atoms with Gasteiger partial charge in [-0.05, 0) is 53.4 Å². The fraction of sp³-hybridized carbons (Fsp3) is 0.310. The Balaban J connectivity index is 1.98. The van der Waals surface area contributed by atoms with E-state index in [-0.39, 0.29) is 30.2 Å². The largest absolute Gasteiger partial charge is 0.377 e. The van der Waals surface area contributed by atoms with E-state index in [0.717, 1.165) is 22.4 Å². The summed E-state index contributed by atoms with van der Waals surface area (Å²) in [5.74, 6) is -0.886. The molecule has 3 aromatic carbocycles. The van der Waals surface area contributed by atoms with Crippen molar-refractivity contribution in [3.63, 3.8) is 0 Å². The normalized spacial score (nSPS) is 11.6. The number of nitrogens with zero attached hydrogens (tertiary/aromatic N) is 2. The minimum absolute atomic E-state index is 0.00782. The van der Waals surface area contributed by atoms with Crippen LogP contribution in [0.3, 0.4) is 0 Å². The smallest absolute Gasteiger partial charge is 0.250 e. The van der Waals surface area contributed by atoms with Gasteiger partial charge >= 0.3 is 0 Å². The molecular weight excluding hydrogens is 457 g/mol. The molecule has 0 bridgehead atoms. The SMILES string of the molecule is CC[C@@H](C(=O)N(Cc1ccc(F)cc1)Cc1cc(NC(=O)COC)ccc1N(C)C)c1ccccc1. The first kappa shape index (κ1) is 26.9. The first-order valence-electron chi connectivity index (χ1n) is 12.0. The zero-order chi connectivity index (χ0) is 26.1. The van der Waals surface area contributed by atoms with Crippen LogP contribution in [-0.4, -0.2) is 44.5 Å². The lowest BCUT2D eigenvalue weighted by Gasteiger charge is -2.29. The second-order valence-corrected chi connectivity index (χ2v) is 8.91. The van der Waals surface area contributed by atoms with Gasteiger partial charge in [0.05, 0.1) is 5.92 Å². The molecular formula is C29H34FN3O3.